The summed E-state index contributed by atoms with van der Waals surface area (Å²) in [5.41, 5.74) is 0.703. The van der Waals surface area contributed by atoms with Crippen LogP contribution in [0.4, 0.5) is 8.78 Å². The van der Waals surface area contributed by atoms with Crippen LogP contribution in [0.5, 0.6) is 0 Å². The maximum Gasteiger partial charge on any atom is 0.153 e. The number of benzene rings is 1. The van der Waals surface area contributed by atoms with Gasteiger partial charge in [0, 0.05) is 12.6 Å². The maximum absolute atomic E-state index is 13.9. The fraction of sp³-hybridized carbons (Fsp3) is 0.533. The second kappa shape index (κ2) is 4.99. The molecule has 3 rings (SSSR count). The summed E-state index contributed by atoms with van der Waals surface area (Å²) < 4.78 is 29.2. The van der Waals surface area contributed by atoms with Gasteiger partial charge in [0.2, 0.25) is 0 Å². The second-order valence-corrected chi connectivity index (χ2v) is 6.42. The minimum Gasteiger partial charge on any atom is -0.326 e. The minimum atomic E-state index is -0.628. The topological polar surface area (TPSA) is 17.8 Å². The number of aromatic nitrogens is 2. The number of nitrogens with zero attached hydrogens (tertiary/aromatic N) is 2. The highest BCUT2D eigenvalue weighted by molar-refractivity contribution is 6.20. The Kier molecular flexibility index (Phi) is 3.44. The Morgan fingerprint density at radius 3 is 2.65 bits per heavy atom. The first kappa shape index (κ1) is 13.8. The molecule has 0 saturated heterocycles. The summed E-state index contributed by atoms with van der Waals surface area (Å²) >= 11 is 6.15. The summed E-state index contributed by atoms with van der Waals surface area (Å²) in [6.45, 7) is 4.67. The van der Waals surface area contributed by atoms with Crippen LogP contribution in [0.3, 0.4) is 0 Å². The number of rotatable bonds is 4. The third-order valence-electron chi connectivity index (χ3n) is 4.05. The number of fused-ring (bicyclic) bond motifs is 1. The van der Waals surface area contributed by atoms with E-state index in [4.69, 9.17) is 11.6 Å². The van der Waals surface area contributed by atoms with Crippen LogP contribution in [-0.4, -0.2) is 9.55 Å². The SMILES string of the molecule is CC(Cl)c1nc2c(F)cc(F)cc2n1CC(C)C1CC1. The van der Waals surface area contributed by atoms with E-state index in [2.05, 4.69) is 11.9 Å². The second-order valence-electron chi connectivity index (χ2n) is 5.77. The molecule has 1 aromatic heterocycles. The zero-order chi connectivity index (χ0) is 14.4. The summed E-state index contributed by atoms with van der Waals surface area (Å²) in [5, 5.41) is -0.337. The Balaban J connectivity index is 2.12. The van der Waals surface area contributed by atoms with Crippen molar-refractivity contribution in [2.24, 2.45) is 11.8 Å². The fourth-order valence-electron chi connectivity index (χ4n) is 2.77. The van der Waals surface area contributed by atoms with Crippen molar-refractivity contribution >= 4 is 22.6 Å². The van der Waals surface area contributed by atoms with Crippen molar-refractivity contribution in [1.29, 1.82) is 0 Å². The molecule has 1 saturated carbocycles. The van der Waals surface area contributed by atoms with E-state index in [0.29, 0.717) is 29.7 Å². The molecule has 0 bridgehead atoms. The van der Waals surface area contributed by atoms with Crippen molar-refractivity contribution in [3.8, 4) is 0 Å². The predicted molar refractivity (Wildman–Crippen MR) is 75.8 cm³/mol. The van der Waals surface area contributed by atoms with Crippen LogP contribution in [0, 0.1) is 23.5 Å². The van der Waals surface area contributed by atoms with Gasteiger partial charge >= 0.3 is 0 Å². The van der Waals surface area contributed by atoms with Crippen LogP contribution < -0.4 is 0 Å². The minimum absolute atomic E-state index is 0.205. The Labute approximate surface area is 121 Å². The summed E-state index contributed by atoms with van der Waals surface area (Å²) in [5.74, 6) is 0.580. The standard InChI is InChI=1S/C15H17ClF2N2/c1-8(10-3-4-10)7-20-13-6-11(17)5-12(18)14(13)19-15(20)9(2)16/h5-6,8-10H,3-4,7H2,1-2H3. The van der Waals surface area contributed by atoms with E-state index in [0.717, 1.165) is 6.07 Å². The van der Waals surface area contributed by atoms with Gasteiger partial charge in [0.05, 0.1) is 10.9 Å². The first-order valence-electron chi connectivity index (χ1n) is 6.96. The monoisotopic (exact) mass is 298 g/mol. The lowest BCUT2D eigenvalue weighted by atomic mass is 10.1. The molecule has 0 radical (unpaired) electrons. The zero-order valence-corrected chi connectivity index (χ0v) is 12.3. The molecule has 1 heterocycles. The molecule has 2 unspecified atom stereocenters. The van der Waals surface area contributed by atoms with Crippen LogP contribution in [-0.2, 0) is 6.54 Å². The normalized spacial score (nSPS) is 18.4. The molecule has 0 spiro atoms. The Bertz CT molecular complexity index is 647. The molecule has 108 valence electrons. The van der Waals surface area contributed by atoms with Gasteiger partial charge in [0.25, 0.3) is 0 Å². The highest BCUT2D eigenvalue weighted by Gasteiger charge is 2.29. The van der Waals surface area contributed by atoms with E-state index < -0.39 is 11.6 Å². The Morgan fingerprint density at radius 2 is 2.05 bits per heavy atom. The molecule has 0 aliphatic heterocycles. The van der Waals surface area contributed by atoms with Gasteiger partial charge in [-0.2, -0.15) is 0 Å². The number of alkyl halides is 1. The molecular weight excluding hydrogens is 282 g/mol. The molecule has 0 N–H and O–H groups in total. The van der Waals surface area contributed by atoms with Crippen molar-refractivity contribution < 1.29 is 8.78 Å². The molecule has 1 aliphatic rings. The van der Waals surface area contributed by atoms with Crippen molar-refractivity contribution in [3.63, 3.8) is 0 Å². The molecule has 2 aromatic rings. The first-order chi connectivity index (χ1) is 9.47. The van der Waals surface area contributed by atoms with Gasteiger partial charge in [-0.3, -0.25) is 0 Å². The number of hydrogen-bond acceptors (Lipinski definition) is 1. The van der Waals surface area contributed by atoms with E-state index in [1.54, 1.807) is 6.92 Å². The largest absolute Gasteiger partial charge is 0.326 e. The first-order valence-corrected chi connectivity index (χ1v) is 7.40. The summed E-state index contributed by atoms with van der Waals surface area (Å²) in [6, 6.07) is 2.21. The lowest BCUT2D eigenvalue weighted by molar-refractivity contribution is 0.428. The van der Waals surface area contributed by atoms with Crippen LogP contribution in [0.15, 0.2) is 12.1 Å². The van der Waals surface area contributed by atoms with Gasteiger partial charge < -0.3 is 4.57 Å². The highest BCUT2D eigenvalue weighted by Crippen LogP contribution is 2.38. The number of hydrogen-bond donors (Lipinski definition) is 0. The summed E-state index contributed by atoms with van der Waals surface area (Å²) in [7, 11) is 0. The van der Waals surface area contributed by atoms with Crippen molar-refractivity contribution in [2.45, 2.75) is 38.6 Å². The van der Waals surface area contributed by atoms with Gasteiger partial charge in [0.1, 0.15) is 17.2 Å². The molecule has 20 heavy (non-hydrogen) atoms. The molecule has 1 aromatic carbocycles. The predicted octanol–water partition coefficient (Wildman–Crippen LogP) is 4.66. The van der Waals surface area contributed by atoms with Gasteiger partial charge in [-0.05, 0) is 37.7 Å². The molecule has 2 nitrogen and oxygen atoms in total. The lowest BCUT2D eigenvalue weighted by Gasteiger charge is -2.15. The third-order valence-corrected chi connectivity index (χ3v) is 4.25. The van der Waals surface area contributed by atoms with Gasteiger partial charge in [-0.15, -0.1) is 11.6 Å². The maximum atomic E-state index is 13.9. The van der Waals surface area contributed by atoms with E-state index >= 15 is 0 Å². The van der Waals surface area contributed by atoms with Gasteiger partial charge in [-0.1, -0.05) is 6.92 Å². The lowest BCUT2D eigenvalue weighted by Crippen LogP contribution is -2.12. The van der Waals surface area contributed by atoms with E-state index in [-0.39, 0.29) is 10.9 Å². The summed E-state index contributed by atoms with van der Waals surface area (Å²) in [4.78, 5) is 4.27. The van der Waals surface area contributed by atoms with Crippen LogP contribution in [0.1, 0.15) is 37.9 Å². The fourth-order valence-corrected chi connectivity index (χ4v) is 2.93. The van der Waals surface area contributed by atoms with E-state index in [1.165, 1.54) is 18.9 Å². The summed E-state index contributed by atoms with van der Waals surface area (Å²) in [6.07, 6.45) is 2.48. The molecule has 1 fully saturated rings. The Morgan fingerprint density at radius 1 is 1.35 bits per heavy atom. The molecule has 2 atom stereocenters. The number of halogens is 3. The quantitative estimate of drug-likeness (QED) is 0.751. The molecule has 1 aliphatic carbocycles. The molecule has 0 amide bonds. The average molecular weight is 299 g/mol. The molecular formula is C15H17ClF2N2. The van der Waals surface area contributed by atoms with Gasteiger partial charge in [0.15, 0.2) is 5.82 Å². The van der Waals surface area contributed by atoms with Crippen LogP contribution in [0.25, 0.3) is 11.0 Å². The Hall–Kier alpha value is -1.16. The smallest absolute Gasteiger partial charge is 0.153 e. The van der Waals surface area contributed by atoms with E-state index in [9.17, 15) is 8.78 Å². The molecule has 5 heteroatoms. The number of imidazole rings is 1. The highest BCUT2D eigenvalue weighted by atomic mass is 35.5. The average Bonchev–Trinajstić information content (AvgIpc) is 3.14. The van der Waals surface area contributed by atoms with Gasteiger partial charge in [-0.25, -0.2) is 13.8 Å². The zero-order valence-electron chi connectivity index (χ0n) is 11.5. The van der Waals surface area contributed by atoms with Crippen LogP contribution in [0.2, 0.25) is 0 Å². The van der Waals surface area contributed by atoms with Crippen molar-refractivity contribution in [3.05, 3.63) is 29.6 Å². The van der Waals surface area contributed by atoms with Crippen LogP contribution >= 0.6 is 11.6 Å². The van der Waals surface area contributed by atoms with Crippen molar-refractivity contribution in [2.75, 3.05) is 0 Å². The third kappa shape index (κ3) is 2.41. The van der Waals surface area contributed by atoms with Crippen molar-refractivity contribution in [1.82, 2.24) is 9.55 Å². The van der Waals surface area contributed by atoms with E-state index in [1.807, 2.05) is 4.57 Å².